The van der Waals surface area contributed by atoms with Crippen LogP contribution in [-0.4, -0.2) is 4.98 Å². The third kappa shape index (κ3) is 2.05. The lowest BCUT2D eigenvalue weighted by molar-refractivity contribution is 0.556. The molecule has 0 saturated carbocycles. The molecule has 0 bridgehead atoms. The van der Waals surface area contributed by atoms with E-state index < -0.39 is 0 Å². The third-order valence-corrected chi connectivity index (χ3v) is 1.14. The molecule has 1 rings (SSSR count). The van der Waals surface area contributed by atoms with Crippen molar-refractivity contribution in [2.24, 2.45) is 0 Å². The molecular weight excluding hydrogens is 126 g/mol. The van der Waals surface area contributed by atoms with Crippen LogP contribution in [0.25, 0.3) is 0 Å². The van der Waals surface area contributed by atoms with Gasteiger partial charge in [-0.05, 0) is 13.3 Å². The van der Waals surface area contributed by atoms with Crippen molar-refractivity contribution in [2.75, 3.05) is 0 Å². The molecule has 0 fully saturated rings. The van der Waals surface area contributed by atoms with Crippen molar-refractivity contribution in [3.63, 3.8) is 0 Å². The second kappa shape index (κ2) is 3.88. The van der Waals surface area contributed by atoms with Gasteiger partial charge in [-0.1, -0.05) is 12.2 Å². The largest absolute Gasteiger partial charge is 0.451 e. The first-order valence-corrected chi connectivity index (χ1v) is 3.25. The maximum atomic E-state index is 4.78. The molecule has 0 amide bonds. The van der Waals surface area contributed by atoms with E-state index in [1.807, 2.05) is 12.2 Å². The molecule has 2 nitrogen and oxygen atoms in total. The van der Waals surface area contributed by atoms with Gasteiger partial charge in [-0.3, -0.25) is 0 Å². The van der Waals surface area contributed by atoms with Gasteiger partial charge in [0.1, 0.15) is 6.26 Å². The van der Waals surface area contributed by atoms with E-state index >= 15 is 0 Å². The van der Waals surface area contributed by atoms with E-state index in [0.717, 1.165) is 18.5 Å². The third-order valence-electron chi connectivity index (χ3n) is 1.14. The minimum Gasteiger partial charge on any atom is -0.451 e. The molecule has 1 aromatic heterocycles. The Kier molecular flexibility index (Phi) is 2.74. The summed E-state index contributed by atoms with van der Waals surface area (Å²) in [6, 6.07) is 0. The number of allylic oxidation sites excluding steroid dienone is 2. The van der Waals surface area contributed by atoms with Crippen LogP contribution in [0.5, 0.6) is 0 Å². The Morgan fingerprint density at radius 1 is 1.60 bits per heavy atom. The zero-order chi connectivity index (χ0) is 7.23. The van der Waals surface area contributed by atoms with Crippen molar-refractivity contribution in [1.29, 1.82) is 0 Å². The number of nitrogens with zero attached hydrogens (tertiary/aromatic N) is 1. The van der Waals surface area contributed by atoms with E-state index in [1.165, 1.54) is 6.39 Å². The van der Waals surface area contributed by atoms with Gasteiger partial charge in [0.15, 0.2) is 6.39 Å². The number of hydrogen-bond acceptors (Lipinski definition) is 2. The normalized spacial score (nSPS) is 10.9. The van der Waals surface area contributed by atoms with Gasteiger partial charge < -0.3 is 4.42 Å². The Labute approximate surface area is 60.6 Å². The van der Waals surface area contributed by atoms with Crippen LogP contribution in [0.4, 0.5) is 0 Å². The molecule has 1 heterocycles. The first-order valence-electron chi connectivity index (χ1n) is 3.25. The number of rotatable bonds is 3. The summed E-state index contributed by atoms with van der Waals surface area (Å²) in [4.78, 5) is 3.95. The van der Waals surface area contributed by atoms with Crippen LogP contribution in [0.15, 0.2) is 29.2 Å². The minimum atomic E-state index is 0.831. The standard InChI is InChI=1S/C8H10NO/c1-2-3-4-5-8-6-10-7-9-8/h3-4,6-7H,1-2,5H2. The van der Waals surface area contributed by atoms with Crippen LogP contribution in [0.2, 0.25) is 0 Å². The minimum absolute atomic E-state index is 0.831. The highest BCUT2D eigenvalue weighted by Crippen LogP contribution is 1.96. The Balaban J connectivity index is 2.34. The van der Waals surface area contributed by atoms with Crippen LogP contribution < -0.4 is 0 Å². The van der Waals surface area contributed by atoms with Gasteiger partial charge in [0.25, 0.3) is 0 Å². The number of oxazole rings is 1. The quantitative estimate of drug-likeness (QED) is 0.594. The monoisotopic (exact) mass is 136 g/mol. The molecule has 53 valence electrons. The number of hydrogen-bond donors (Lipinski definition) is 0. The summed E-state index contributed by atoms with van der Waals surface area (Å²) in [5, 5.41) is 0. The molecule has 1 aromatic rings. The molecule has 0 aliphatic rings. The molecular formula is C8H10NO. The van der Waals surface area contributed by atoms with Crippen LogP contribution in [0.3, 0.4) is 0 Å². The van der Waals surface area contributed by atoms with Crippen LogP contribution in [0, 0.1) is 6.92 Å². The fourth-order valence-electron chi connectivity index (χ4n) is 0.660. The zero-order valence-electron chi connectivity index (χ0n) is 5.79. The van der Waals surface area contributed by atoms with Gasteiger partial charge in [-0.25, -0.2) is 4.98 Å². The second-order valence-corrected chi connectivity index (χ2v) is 1.94. The summed E-state index contributed by atoms with van der Waals surface area (Å²) >= 11 is 0. The Hall–Kier alpha value is -1.05. The van der Waals surface area contributed by atoms with Gasteiger partial charge >= 0.3 is 0 Å². The molecule has 0 aromatic carbocycles. The first-order chi connectivity index (χ1) is 4.93. The van der Waals surface area contributed by atoms with Crippen molar-refractivity contribution < 1.29 is 4.42 Å². The first kappa shape index (κ1) is 7.06. The van der Waals surface area contributed by atoms with Crippen LogP contribution >= 0.6 is 0 Å². The van der Waals surface area contributed by atoms with E-state index in [2.05, 4.69) is 11.9 Å². The average Bonchev–Trinajstić information content (AvgIpc) is 2.41. The fourth-order valence-corrected chi connectivity index (χ4v) is 0.660. The molecule has 0 saturated heterocycles. The topological polar surface area (TPSA) is 26.0 Å². The van der Waals surface area contributed by atoms with Crippen molar-refractivity contribution >= 4 is 0 Å². The second-order valence-electron chi connectivity index (χ2n) is 1.94. The molecule has 2 heteroatoms. The summed E-state index contributed by atoms with van der Waals surface area (Å²) in [5.41, 5.74) is 0.963. The van der Waals surface area contributed by atoms with Crippen molar-refractivity contribution in [3.8, 4) is 0 Å². The Morgan fingerprint density at radius 3 is 3.10 bits per heavy atom. The summed E-state index contributed by atoms with van der Waals surface area (Å²) in [5.74, 6) is 0. The molecule has 10 heavy (non-hydrogen) atoms. The predicted molar refractivity (Wildman–Crippen MR) is 39.3 cm³/mol. The van der Waals surface area contributed by atoms with Crippen molar-refractivity contribution in [3.05, 3.63) is 37.4 Å². The maximum Gasteiger partial charge on any atom is 0.180 e. The lowest BCUT2D eigenvalue weighted by atomic mass is 10.3. The van der Waals surface area contributed by atoms with E-state index in [9.17, 15) is 0 Å². The molecule has 0 atom stereocenters. The van der Waals surface area contributed by atoms with E-state index in [1.54, 1.807) is 6.26 Å². The van der Waals surface area contributed by atoms with Crippen LogP contribution in [-0.2, 0) is 6.42 Å². The van der Waals surface area contributed by atoms with Gasteiger partial charge in [0.2, 0.25) is 0 Å². The zero-order valence-corrected chi connectivity index (χ0v) is 5.79. The Bertz CT molecular complexity index is 189. The number of aromatic nitrogens is 1. The molecule has 0 N–H and O–H groups in total. The highest BCUT2D eigenvalue weighted by molar-refractivity contribution is 4.99. The molecule has 0 spiro atoms. The summed E-state index contributed by atoms with van der Waals surface area (Å²) in [6.07, 6.45) is 8.80. The smallest absolute Gasteiger partial charge is 0.180 e. The van der Waals surface area contributed by atoms with E-state index in [0.29, 0.717) is 0 Å². The summed E-state index contributed by atoms with van der Waals surface area (Å²) in [7, 11) is 0. The molecule has 0 unspecified atom stereocenters. The van der Waals surface area contributed by atoms with Gasteiger partial charge in [0, 0.05) is 6.42 Å². The molecule has 1 radical (unpaired) electrons. The predicted octanol–water partition coefficient (Wildman–Crippen LogP) is 2.00. The molecule has 0 aliphatic carbocycles. The summed E-state index contributed by atoms with van der Waals surface area (Å²) in [6.45, 7) is 3.67. The lowest BCUT2D eigenvalue weighted by Gasteiger charge is -1.82. The molecule has 0 aliphatic heterocycles. The van der Waals surface area contributed by atoms with Gasteiger partial charge in [-0.15, -0.1) is 0 Å². The van der Waals surface area contributed by atoms with Gasteiger partial charge in [-0.2, -0.15) is 0 Å². The fraction of sp³-hybridized carbons (Fsp3) is 0.250. The lowest BCUT2D eigenvalue weighted by Crippen LogP contribution is -1.77. The van der Waals surface area contributed by atoms with E-state index in [-0.39, 0.29) is 0 Å². The Morgan fingerprint density at radius 2 is 2.50 bits per heavy atom. The average molecular weight is 136 g/mol. The highest BCUT2D eigenvalue weighted by atomic mass is 16.3. The SMILES string of the molecule is [CH2]CC=CCc1cocn1. The highest BCUT2D eigenvalue weighted by Gasteiger charge is 1.88. The van der Waals surface area contributed by atoms with Gasteiger partial charge in [0.05, 0.1) is 5.69 Å². The van der Waals surface area contributed by atoms with Crippen molar-refractivity contribution in [2.45, 2.75) is 12.8 Å². The van der Waals surface area contributed by atoms with Crippen molar-refractivity contribution in [1.82, 2.24) is 4.98 Å². The van der Waals surface area contributed by atoms with Crippen LogP contribution in [0.1, 0.15) is 12.1 Å². The van der Waals surface area contributed by atoms with E-state index in [4.69, 9.17) is 4.42 Å². The maximum absolute atomic E-state index is 4.78. The summed E-state index contributed by atoms with van der Waals surface area (Å²) < 4.78 is 4.78.